The summed E-state index contributed by atoms with van der Waals surface area (Å²) in [5.41, 5.74) is 8.08. The van der Waals surface area contributed by atoms with Crippen LogP contribution >= 0.6 is 0 Å². The number of terminal acetylenes is 1. The third kappa shape index (κ3) is 4.75. The number of hydrogen-bond acceptors (Lipinski definition) is 4. The highest BCUT2D eigenvalue weighted by Crippen LogP contribution is 2.33. The van der Waals surface area contributed by atoms with Crippen LogP contribution in [0.15, 0.2) is 71.8 Å². The highest BCUT2D eigenvalue weighted by atomic mass is 19.3. The second kappa shape index (κ2) is 9.77. The van der Waals surface area contributed by atoms with Crippen molar-refractivity contribution in [3.8, 4) is 23.5 Å². The number of nitrogens with two attached hydrogens (primary N) is 1. The van der Waals surface area contributed by atoms with Crippen LogP contribution < -0.4 is 11.1 Å². The van der Waals surface area contributed by atoms with E-state index in [0.29, 0.717) is 11.3 Å². The number of primary amides is 1. The van der Waals surface area contributed by atoms with Gasteiger partial charge in [0.25, 0.3) is 12.3 Å². The van der Waals surface area contributed by atoms with Crippen molar-refractivity contribution >= 4 is 23.2 Å². The van der Waals surface area contributed by atoms with Gasteiger partial charge in [0.2, 0.25) is 5.91 Å². The van der Waals surface area contributed by atoms with Crippen LogP contribution in [0, 0.1) is 12.3 Å². The van der Waals surface area contributed by atoms with E-state index in [1.54, 1.807) is 37.4 Å². The number of rotatable bonds is 6. The summed E-state index contributed by atoms with van der Waals surface area (Å²) >= 11 is 0. The predicted octanol–water partition coefficient (Wildman–Crippen LogP) is 4.34. The number of likely N-dealkylation sites (N-methyl/N-ethyl adjacent to an activating group) is 1. The number of hydrazone groups is 1. The van der Waals surface area contributed by atoms with Crippen LogP contribution in [0.5, 0.6) is 0 Å². The zero-order chi connectivity index (χ0) is 25.1. The second-order valence-electron chi connectivity index (χ2n) is 8.07. The average molecular weight is 472 g/mol. The Morgan fingerprint density at radius 1 is 1.11 bits per heavy atom. The molecule has 1 heterocycles. The minimum Gasteiger partial charge on any atom is -0.366 e. The van der Waals surface area contributed by atoms with E-state index in [-0.39, 0.29) is 28.9 Å². The molecular weight excluding hydrogens is 450 g/mol. The Kier molecular flexibility index (Phi) is 6.60. The minimum atomic E-state index is -2.81. The molecular formula is C27H22F2N4O2. The second-order valence-corrected chi connectivity index (χ2v) is 8.07. The Labute approximate surface area is 201 Å². The normalized spacial score (nSPS) is 15.0. The van der Waals surface area contributed by atoms with Crippen molar-refractivity contribution in [3.63, 3.8) is 0 Å². The fourth-order valence-corrected chi connectivity index (χ4v) is 4.21. The Morgan fingerprint density at radius 3 is 2.49 bits per heavy atom. The van der Waals surface area contributed by atoms with Crippen molar-refractivity contribution in [2.24, 2.45) is 10.8 Å². The molecule has 6 nitrogen and oxygen atoms in total. The van der Waals surface area contributed by atoms with Gasteiger partial charge in [0.15, 0.2) is 0 Å². The quantitative estimate of drug-likeness (QED) is 0.524. The maximum absolute atomic E-state index is 13.7. The number of nitrogens with zero attached hydrogens (tertiary/aromatic N) is 2. The lowest BCUT2D eigenvalue weighted by atomic mass is 9.87. The summed E-state index contributed by atoms with van der Waals surface area (Å²) < 4.78 is 27.4. The number of nitrogens with one attached hydrogen (secondary N) is 1. The first-order valence-electron chi connectivity index (χ1n) is 10.8. The molecule has 3 aromatic carbocycles. The van der Waals surface area contributed by atoms with Gasteiger partial charge in [-0.1, -0.05) is 48.4 Å². The summed E-state index contributed by atoms with van der Waals surface area (Å²) in [5.74, 6) is 0.219. The lowest BCUT2D eigenvalue weighted by Crippen LogP contribution is -2.27. The van der Waals surface area contributed by atoms with Gasteiger partial charge in [0, 0.05) is 36.3 Å². The molecule has 8 heteroatoms. The van der Waals surface area contributed by atoms with Crippen LogP contribution in [0.3, 0.4) is 0 Å². The smallest absolute Gasteiger partial charge is 0.279 e. The van der Waals surface area contributed by atoms with Gasteiger partial charge in [0.1, 0.15) is 5.71 Å². The topological polar surface area (TPSA) is 87.8 Å². The number of benzene rings is 3. The molecule has 176 valence electrons. The number of alkyl halides is 2. The zero-order valence-corrected chi connectivity index (χ0v) is 18.8. The number of hydrogen-bond donors (Lipinski definition) is 2. The van der Waals surface area contributed by atoms with Gasteiger partial charge in [-0.15, -0.1) is 6.42 Å². The van der Waals surface area contributed by atoms with Crippen LogP contribution in [0.1, 0.15) is 37.8 Å². The molecule has 0 spiro atoms. The van der Waals surface area contributed by atoms with Crippen LogP contribution in [-0.2, 0) is 0 Å². The van der Waals surface area contributed by atoms with Gasteiger partial charge >= 0.3 is 0 Å². The molecule has 0 radical (unpaired) electrons. The monoisotopic (exact) mass is 472 g/mol. The van der Waals surface area contributed by atoms with E-state index in [9.17, 15) is 18.4 Å². The van der Waals surface area contributed by atoms with Crippen LogP contribution in [-0.4, -0.2) is 42.6 Å². The standard InChI is InChI=1S/C27H22F2N4O2/c1-3-16-11-13-17(14-12-16)18-7-4-5-10-22(18)31-27(35)23-19(8-6-9-20(23)26(30)34)21-15-33(2)32-24(21)25(28)29/h1,4-14,21,25H,15H2,2H3,(H2,30,34)(H,31,35). The third-order valence-electron chi connectivity index (χ3n) is 5.82. The molecule has 0 aliphatic carbocycles. The lowest BCUT2D eigenvalue weighted by molar-refractivity contribution is 0.0976. The van der Waals surface area contributed by atoms with Crippen molar-refractivity contribution < 1.29 is 18.4 Å². The van der Waals surface area contributed by atoms with E-state index in [4.69, 9.17) is 12.2 Å². The number of para-hydroxylation sites is 1. The van der Waals surface area contributed by atoms with E-state index in [2.05, 4.69) is 16.3 Å². The fourth-order valence-electron chi connectivity index (χ4n) is 4.21. The molecule has 2 amide bonds. The number of carbonyl (C=O) groups is 2. The molecule has 0 saturated heterocycles. The lowest BCUT2D eigenvalue weighted by Gasteiger charge is -2.20. The molecule has 0 aromatic heterocycles. The Bertz CT molecular complexity index is 1360. The van der Waals surface area contributed by atoms with Gasteiger partial charge in [-0.05, 0) is 35.4 Å². The van der Waals surface area contributed by atoms with Crippen molar-refractivity contribution in [1.29, 1.82) is 0 Å². The maximum atomic E-state index is 13.7. The zero-order valence-electron chi connectivity index (χ0n) is 18.8. The molecule has 0 fully saturated rings. The first-order valence-corrected chi connectivity index (χ1v) is 10.8. The van der Waals surface area contributed by atoms with Crippen molar-refractivity contribution in [1.82, 2.24) is 5.01 Å². The van der Waals surface area contributed by atoms with Gasteiger partial charge in [0.05, 0.1) is 11.1 Å². The van der Waals surface area contributed by atoms with E-state index < -0.39 is 24.2 Å². The molecule has 0 saturated carbocycles. The Hall–Kier alpha value is -4.51. The molecule has 35 heavy (non-hydrogen) atoms. The number of amides is 2. The number of halogens is 2. The van der Waals surface area contributed by atoms with E-state index in [1.165, 1.54) is 17.1 Å². The SMILES string of the molecule is C#Cc1ccc(-c2ccccc2NC(=O)c2c(C(N)=O)cccc2C2CN(C)N=C2C(F)F)cc1. The van der Waals surface area contributed by atoms with Gasteiger partial charge in [-0.2, -0.15) is 5.10 Å². The van der Waals surface area contributed by atoms with Gasteiger partial charge in [-0.3, -0.25) is 14.6 Å². The molecule has 0 bridgehead atoms. The molecule has 1 unspecified atom stereocenters. The summed E-state index contributed by atoms with van der Waals surface area (Å²) in [7, 11) is 1.57. The largest absolute Gasteiger partial charge is 0.366 e. The predicted molar refractivity (Wildman–Crippen MR) is 132 cm³/mol. The molecule has 3 N–H and O–H groups in total. The Morgan fingerprint density at radius 2 is 1.83 bits per heavy atom. The van der Waals surface area contributed by atoms with Gasteiger partial charge in [-0.25, -0.2) is 8.78 Å². The minimum absolute atomic E-state index is 0.0499. The van der Waals surface area contributed by atoms with E-state index in [0.717, 1.165) is 11.1 Å². The van der Waals surface area contributed by atoms with Crippen LogP contribution in [0.4, 0.5) is 14.5 Å². The first-order chi connectivity index (χ1) is 16.8. The van der Waals surface area contributed by atoms with E-state index in [1.807, 2.05) is 24.3 Å². The number of anilines is 1. The summed E-state index contributed by atoms with van der Waals surface area (Å²) in [6.07, 6.45) is 2.62. The van der Waals surface area contributed by atoms with Gasteiger partial charge < -0.3 is 11.1 Å². The van der Waals surface area contributed by atoms with Crippen LogP contribution in [0.25, 0.3) is 11.1 Å². The highest BCUT2D eigenvalue weighted by molar-refractivity contribution is 6.14. The Balaban J connectivity index is 1.77. The fraction of sp³-hybridized carbons (Fsp3) is 0.148. The van der Waals surface area contributed by atoms with Crippen molar-refractivity contribution in [2.45, 2.75) is 12.3 Å². The molecule has 1 aliphatic rings. The molecule has 1 aliphatic heterocycles. The molecule has 1 atom stereocenters. The number of carbonyl (C=O) groups excluding carboxylic acids is 2. The summed E-state index contributed by atoms with van der Waals surface area (Å²) in [6, 6.07) is 18.8. The van der Waals surface area contributed by atoms with Crippen molar-refractivity contribution in [2.75, 3.05) is 18.9 Å². The maximum Gasteiger partial charge on any atom is 0.279 e. The van der Waals surface area contributed by atoms with Crippen molar-refractivity contribution in [3.05, 3.63) is 89.0 Å². The third-order valence-corrected chi connectivity index (χ3v) is 5.82. The molecule has 3 aromatic rings. The van der Waals surface area contributed by atoms with E-state index >= 15 is 0 Å². The summed E-state index contributed by atoms with van der Waals surface area (Å²) in [4.78, 5) is 25.8. The van der Waals surface area contributed by atoms with Crippen LogP contribution in [0.2, 0.25) is 0 Å². The first kappa shape index (κ1) is 23.6. The highest BCUT2D eigenvalue weighted by Gasteiger charge is 2.36. The average Bonchev–Trinajstić information content (AvgIpc) is 3.26. The molecule has 4 rings (SSSR count). The summed E-state index contributed by atoms with van der Waals surface area (Å²) in [5, 5.41) is 8.14. The summed E-state index contributed by atoms with van der Waals surface area (Å²) in [6.45, 7) is 0.139.